The van der Waals surface area contributed by atoms with E-state index in [4.69, 9.17) is 4.52 Å². The molecule has 0 unspecified atom stereocenters. The Kier molecular flexibility index (Phi) is 4.35. The number of hydrogen-bond acceptors (Lipinski definition) is 7. The number of benzene rings is 1. The molecule has 0 fully saturated rings. The molecular weight excluding hydrogens is 390 g/mol. The molecule has 26 heavy (non-hydrogen) atoms. The first-order valence-corrected chi connectivity index (χ1v) is 10.8. The number of nitrogens with one attached hydrogen (secondary N) is 1. The second kappa shape index (κ2) is 6.67. The lowest BCUT2D eigenvalue weighted by Crippen LogP contribution is -2.11. The number of rotatable bonds is 5. The van der Waals surface area contributed by atoms with Crippen LogP contribution in [0.25, 0.3) is 22.2 Å². The van der Waals surface area contributed by atoms with Crippen LogP contribution in [0.4, 0.5) is 5.69 Å². The quantitative estimate of drug-likeness (QED) is 0.525. The summed E-state index contributed by atoms with van der Waals surface area (Å²) in [5.41, 5.74) is 1.21. The number of aryl methyl sites for hydroxylation is 1. The van der Waals surface area contributed by atoms with Crippen LogP contribution < -0.4 is 4.72 Å². The van der Waals surface area contributed by atoms with E-state index in [1.54, 1.807) is 53.1 Å². The summed E-state index contributed by atoms with van der Waals surface area (Å²) in [6.45, 7) is 2.02. The largest absolute Gasteiger partial charge is 0.333 e. The Balaban J connectivity index is 1.54. The minimum atomic E-state index is -3.56. The highest BCUT2D eigenvalue weighted by Crippen LogP contribution is 2.29. The molecule has 0 aliphatic rings. The first-order valence-electron chi connectivity index (χ1n) is 7.58. The fraction of sp³-hybridized carbons (Fsp3) is 0.0588. The van der Waals surface area contributed by atoms with Crippen LogP contribution in [0.3, 0.4) is 0 Å². The first-order chi connectivity index (χ1) is 12.5. The molecule has 1 aromatic carbocycles. The van der Waals surface area contributed by atoms with Crippen molar-refractivity contribution in [3.8, 4) is 22.2 Å². The fourth-order valence-electron chi connectivity index (χ4n) is 2.30. The highest BCUT2D eigenvalue weighted by Gasteiger charge is 2.16. The van der Waals surface area contributed by atoms with E-state index >= 15 is 0 Å². The van der Waals surface area contributed by atoms with Crippen LogP contribution in [0.15, 0.2) is 62.6 Å². The van der Waals surface area contributed by atoms with Crippen LogP contribution in [0.5, 0.6) is 0 Å². The third-order valence-corrected chi connectivity index (χ3v) is 7.30. The van der Waals surface area contributed by atoms with Gasteiger partial charge in [-0.3, -0.25) is 4.72 Å². The van der Waals surface area contributed by atoms with Gasteiger partial charge in [-0.2, -0.15) is 4.98 Å². The zero-order chi connectivity index (χ0) is 18.1. The van der Waals surface area contributed by atoms with Crippen LogP contribution in [0.1, 0.15) is 4.88 Å². The normalized spacial score (nSPS) is 11.6. The molecule has 0 radical (unpaired) electrons. The lowest BCUT2D eigenvalue weighted by Gasteiger charge is -2.06. The molecule has 0 amide bonds. The van der Waals surface area contributed by atoms with Crippen molar-refractivity contribution in [2.45, 2.75) is 11.1 Å². The summed E-state index contributed by atoms with van der Waals surface area (Å²) in [6.07, 6.45) is 0. The lowest BCUT2D eigenvalue weighted by molar-refractivity contribution is 0.433. The Morgan fingerprint density at radius 2 is 1.88 bits per heavy atom. The van der Waals surface area contributed by atoms with E-state index in [9.17, 15) is 8.42 Å². The Morgan fingerprint density at radius 3 is 2.54 bits per heavy atom. The van der Waals surface area contributed by atoms with Crippen LogP contribution in [-0.4, -0.2) is 18.6 Å². The molecule has 9 heteroatoms. The average Bonchev–Trinajstić information content (AvgIpc) is 3.36. The van der Waals surface area contributed by atoms with Gasteiger partial charge in [0, 0.05) is 16.1 Å². The van der Waals surface area contributed by atoms with E-state index in [2.05, 4.69) is 14.9 Å². The Bertz CT molecular complexity index is 1130. The Hall–Kier alpha value is -2.49. The summed E-state index contributed by atoms with van der Waals surface area (Å²) < 4.78 is 32.6. The second-order valence-electron chi connectivity index (χ2n) is 5.45. The maximum Gasteiger partial charge on any atom is 0.271 e. The third-order valence-electron chi connectivity index (χ3n) is 3.53. The fourth-order valence-corrected chi connectivity index (χ4v) is 5.14. The molecule has 0 saturated heterocycles. The van der Waals surface area contributed by atoms with Crippen molar-refractivity contribution in [2.75, 3.05) is 4.72 Å². The van der Waals surface area contributed by atoms with Gasteiger partial charge >= 0.3 is 0 Å². The summed E-state index contributed by atoms with van der Waals surface area (Å²) in [5.74, 6) is 0.930. The minimum Gasteiger partial charge on any atom is -0.333 e. The van der Waals surface area contributed by atoms with E-state index in [1.807, 2.05) is 19.1 Å². The first kappa shape index (κ1) is 17.0. The zero-order valence-corrected chi connectivity index (χ0v) is 16.0. The van der Waals surface area contributed by atoms with Crippen molar-refractivity contribution < 1.29 is 12.9 Å². The van der Waals surface area contributed by atoms with Crippen molar-refractivity contribution in [1.29, 1.82) is 0 Å². The maximum absolute atomic E-state index is 12.2. The average molecular weight is 404 g/mol. The maximum atomic E-state index is 12.2. The summed E-state index contributed by atoms with van der Waals surface area (Å²) >= 11 is 2.75. The number of sulfonamides is 1. The van der Waals surface area contributed by atoms with E-state index in [-0.39, 0.29) is 4.21 Å². The summed E-state index contributed by atoms with van der Waals surface area (Å²) in [4.78, 5) is 6.49. The molecule has 1 N–H and O–H groups in total. The SMILES string of the molecule is Cc1ccc(-c2nc(-c3ccc(NS(=O)(=O)c4cccs4)cc3)no2)s1. The molecule has 6 nitrogen and oxygen atoms in total. The minimum absolute atomic E-state index is 0.274. The number of aromatic nitrogens is 2. The summed E-state index contributed by atoms with van der Waals surface area (Å²) in [6, 6.07) is 14.1. The Labute approximate surface area is 158 Å². The molecule has 0 bridgehead atoms. The molecule has 0 aliphatic carbocycles. The molecular formula is C17H13N3O3S3. The van der Waals surface area contributed by atoms with Gasteiger partial charge in [0.15, 0.2) is 0 Å². The van der Waals surface area contributed by atoms with E-state index in [1.165, 1.54) is 16.2 Å². The molecule has 4 rings (SSSR count). The van der Waals surface area contributed by atoms with Gasteiger partial charge in [-0.1, -0.05) is 11.2 Å². The number of hydrogen-bond donors (Lipinski definition) is 1. The van der Waals surface area contributed by atoms with Gasteiger partial charge in [-0.25, -0.2) is 8.42 Å². The van der Waals surface area contributed by atoms with Crippen molar-refractivity contribution in [2.24, 2.45) is 0 Å². The van der Waals surface area contributed by atoms with Crippen molar-refractivity contribution >= 4 is 38.4 Å². The lowest BCUT2D eigenvalue weighted by atomic mass is 10.2. The number of nitrogens with zero attached hydrogens (tertiary/aromatic N) is 2. The third kappa shape index (κ3) is 3.41. The van der Waals surface area contributed by atoms with Crippen LogP contribution in [0.2, 0.25) is 0 Å². The van der Waals surface area contributed by atoms with Crippen LogP contribution in [-0.2, 0) is 10.0 Å². The van der Waals surface area contributed by atoms with Gasteiger partial charge in [0.1, 0.15) is 4.21 Å². The molecule has 0 aliphatic heterocycles. The van der Waals surface area contributed by atoms with Crippen molar-refractivity contribution in [1.82, 2.24) is 10.1 Å². The number of thiophene rings is 2. The van der Waals surface area contributed by atoms with Crippen LogP contribution >= 0.6 is 22.7 Å². The van der Waals surface area contributed by atoms with Crippen molar-refractivity contribution in [3.05, 3.63) is 58.8 Å². The van der Waals surface area contributed by atoms with Gasteiger partial charge in [0.2, 0.25) is 5.82 Å². The zero-order valence-electron chi connectivity index (χ0n) is 13.5. The molecule has 3 heterocycles. The van der Waals surface area contributed by atoms with Gasteiger partial charge in [-0.05, 0) is 54.8 Å². The molecule has 3 aromatic heterocycles. The summed E-state index contributed by atoms with van der Waals surface area (Å²) in [5, 5.41) is 5.72. The van der Waals surface area contributed by atoms with Gasteiger partial charge in [0.25, 0.3) is 15.9 Å². The molecule has 0 atom stereocenters. The topological polar surface area (TPSA) is 85.1 Å². The van der Waals surface area contributed by atoms with E-state index in [0.29, 0.717) is 17.4 Å². The molecule has 132 valence electrons. The monoisotopic (exact) mass is 403 g/mol. The second-order valence-corrected chi connectivity index (χ2v) is 9.59. The smallest absolute Gasteiger partial charge is 0.271 e. The Morgan fingerprint density at radius 1 is 1.08 bits per heavy atom. The number of anilines is 1. The highest BCUT2D eigenvalue weighted by atomic mass is 32.2. The molecule has 4 aromatic rings. The standard InChI is InChI=1S/C17H13N3O3S3/c1-11-4-9-14(25-11)17-18-16(19-23-17)12-5-7-13(8-6-12)20-26(21,22)15-3-2-10-24-15/h2-10,20H,1H3. The van der Waals surface area contributed by atoms with Crippen LogP contribution in [0, 0.1) is 6.92 Å². The summed E-state index contributed by atoms with van der Waals surface area (Å²) in [7, 11) is -3.56. The van der Waals surface area contributed by atoms with Gasteiger partial charge in [-0.15, -0.1) is 22.7 Å². The van der Waals surface area contributed by atoms with Gasteiger partial charge < -0.3 is 4.52 Å². The van der Waals surface area contributed by atoms with E-state index < -0.39 is 10.0 Å². The molecule has 0 spiro atoms. The molecule has 0 saturated carbocycles. The predicted molar refractivity (Wildman–Crippen MR) is 103 cm³/mol. The van der Waals surface area contributed by atoms with Crippen molar-refractivity contribution in [3.63, 3.8) is 0 Å². The van der Waals surface area contributed by atoms with Gasteiger partial charge in [0.05, 0.1) is 4.88 Å². The predicted octanol–water partition coefficient (Wildman–Crippen LogP) is 4.64. The highest BCUT2D eigenvalue weighted by molar-refractivity contribution is 7.94. The van der Waals surface area contributed by atoms with E-state index in [0.717, 1.165) is 10.4 Å².